The number of alkyl halides is 2. The van der Waals surface area contributed by atoms with E-state index in [-0.39, 0.29) is 13.2 Å². The van der Waals surface area contributed by atoms with Crippen molar-refractivity contribution >= 4 is 16.7 Å². The van der Waals surface area contributed by atoms with Crippen LogP contribution in [0.5, 0.6) is 0 Å². The predicted molar refractivity (Wildman–Crippen MR) is 67.0 cm³/mol. The average Bonchev–Trinajstić information content (AvgIpc) is 2.37. The van der Waals surface area contributed by atoms with E-state index in [1.54, 1.807) is 6.07 Å². The Bertz CT molecular complexity index is 519. The molecule has 18 heavy (non-hydrogen) atoms. The van der Waals surface area contributed by atoms with Gasteiger partial charge >= 0.3 is 0 Å². The minimum absolute atomic E-state index is 0.148. The minimum Gasteiger partial charge on any atom is -0.395 e. The van der Waals surface area contributed by atoms with Gasteiger partial charge in [-0.1, -0.05) is 18.2 Å². The molecule has 0 aliphatic rings. The molecule has 0 saturated heterocycles. The number of anilines is 1. The molecule has 5 heteroatoms. The van der Waals surface area contributed by atoms with Crippen molar-refractivity contribution in [1.82, 2.24) is 4.98 Å². The summed E-state index contributed by atoms with van der Waals surface area (Å²) >= 11 is 0. The van der Waals surface area contributed by atoms with E-state index >= 15 is 0 Å². The number of nitrogens with zero attached hydrogens (tertiary/aromatic N) is 2. The van der Waals surface area contributed by atoms with Crippen LogP contribution in [-0.4, -0.2) is 36.2 Å². The highest BCUT2D eigenvalue weighted by Crippen LogP contribution is 2.18. The van der Waals surface area contributed by atoms with Gasteiger partial charge in [0.2, 0.25) is 0 Å². The van der Waals surface area contributed by atoms with Gasteiger partial charge in [-0.3, -0.25) is 0 Å². The van der Waals surface area contributed by atoms with Crippen molar-refractivity contribution in [3.8, 4) is 0 Å². The monoisotopic (exact) mass is 252 g/mol. The molecular weight excluding hydrogens is 238 g/mol. The van der Waals surface area contributed by atoms with Gasteiger partial charge in [0.05, 0.1) is 18.7 Å². The van der Waals surface area contributed by atoms with E-state index in [1.165, 1.54) is 4.90 Å². The maximum atomic E-state index is 12.5. The summed E-state index contributed by atoms with van der Waals surface area (Å²) in [6.45, 7) is -0.456. The van der Waals surface area contributed by atoms with Crippen LogP contribution in [0.2, 0.25) is 0 Å². The van der Waals surface area contributed by atoms with Crippen LogP contribution in [-0.2, 0) is 0 Å². The highest BCUT2D eigenvalue weighted by molar-refractivity contribution is 5.80. The van der Waals surface area contributed by atoms with Gasteiger partial charge in [-0.25, -0.2) is 13.8 Å². The van der Waals surface area contributed by atoms with Crippen LogP contribution < -0.4 is 4.90 Å². The van der Waals surface area contributed by atoms with Crippen molar-refractivity contribution in [3.05, 3.63) is 36.4 Å². The fraction of sp³-hybridized carbons (Fsp3) is 0.308. The van der Waals surface area contributed by atoms with Gasteiger partial charge in [0.15, 0.2) is 0 Å². The molecule has 96 valence electrons. The number of hydrogen-bond donors (Lipinski definition) is 1. The standard InChI is InChI=1S/C13H14F2N2O/c14-12(15)9-17(7-8-18)13-6-5-10-3-1-2-4-11(10)16-13/h1-6,12,18H,7-9H2. The third-order valence-corrected chi connectivity index (χ3v) is 2.64. The van der Waals surface area contributed by atoms with E-state index < -0.39 is 13.0 Å². The topological polar surface area (TPSA) is 36.4 Å². The molecular formula is C13H14F2N2O. The smallest absolute Gasteiger partial charge is 0.255 e. The summed E-state index contributed by atoms with van der Waals surface area (Å²) in [7, 11) is 0. The highest BCUT2D eigenvalue weighted by atomic mass is 19.3. The summed E-state index contributed by atoms with van der Waals surface area (Å²) < 4.78 is 24.9. The lowest BCUT2D eigenvalue weighted by molar-refractivity contribution is 0.152. The van der Waals surface area contributed by atoms with Crippen LogP contribution >= 0.6 is 0 Å². The molecule has 1 N–H and O–H groups in total. The Balaban J connectivity index is 2.31. The first-order valence-electron chi connectivity index (χ1n) is 5.70. The molecule has 3 nitrogen and oxygen atoms in total. The van der Waals surface area contributed by atoms with E-state index in [9.17, 15) is 8.78 Å². The van der Waals surface area contributed by atoms with Gasteiger partial charge in [0.25, 0.3) is 6.43 Å². The molecule has 0 bridgehead atoms. The number of hydrogen-bond acceptors (Lipinski definition) is 3. The zero-order valence-electron chi connectivity index (χ0n) is 9.76. The zero-order valence-corrected chi connectivity index (χ0v) is 9.76. The fourth-order valence-electron chi connectivity index (χ4n) is 1.82. The summed E-state index contributed by atoms with van der Waals surface area (Å²) in [5.41, 5.74) is 0.757. The number of aromatic nitrogens is 1. The van der Waals surface area contributed by atoms with Gasteiger partial charge in [-0.15, -0.1) is 0 Å². The number of para-hydroxylation sites is 1. The molecule has 0 saturated carbocycles. The second-order valence-electron chi connectivity index (χ2n) is 3.92. The summed E-state index contributed by atoms with van der Waals surface area (Å²) in [6, 6.07) is 11.0. The van der Waals surface area contributed by atoms with Crippen molar-refractivity contribution in [2.75, 3.05) is 24.6 Å². The minimum atomic E-state index is -2.45. The van der Waals surface area contributed by atoms with Crippen LogP contribution in [0.3, 0.4) is 0 Å². The molecule has 0 aliphatic heterocycles. The number of rotatable bonds is 5. The first-order valence-corrected chi connectivity index (χ1v) is 5.70. The molecule has 2 rings (SSSR count). The molecule has 0 aliphatic carbocycles. The second kappa shape index (κ2) is 5.73. The number of fused-ring (bicyclic) bond motifs is 1. The predicted octanol–water partition coefficient (Wildman–Crippen LogP) is 2.30. The second-order valence-corrected chi connectivity index (χ2v) is 3.92. The van der Waals surface area contributed by atoms with Gasteiger partial charge < -0.3 is 10.0 Å². The van der Waals surface area contributed by atoms with E-state index in [4.69, 9.17) is 5.11 Å². The fourth-order valence-corrected chi connectivity index (χ4v) is 1.82. The van der Waals surface area contributed by atoms with E-state index in [2.05, 4.69) is 4.98 Å². The van der Waals surface area contributed by atoms with E-state index in [0.29, 0.717) is 5.82 Å². The lowest BCUT2D eigenvalue weighted by Crippen LogP contribution is -2.32. The summed E-state index contributed by atoms with van der Waals surface area (Å²) in [5.74, 6) is 0.461. The molecule has 1 aromatic heterocycles. The molecule has 0 amide bonds. The maximum Gasteiger partial charge on any atom is 0.255 e. The van der Waals surface area contributed by atoms with Crippen molar-refractivity contribution in [1.29, 1.82) is 0 Å². The number of aliphatic hydroxyl groups excluding tert-OH is 1. The number of aliphatic hydroxyl groups is 1. The molecule has 0 atom stereocenters. The number of benzene rings is 1. The quantitative estimate of drug-likeness (QED) is 0.887. The van der Waals surface area contributed by atoms with Gasteiger partial charge in [-0.05, 0) is 18.2 Å². The zero-order chi connectivity index (χ0) is 13.0. The van der Waals surface area contributed by atoms with Crippen LogP contribution in [0.1, 0.15) is 0 Å². The van der Waals surface area contributed by atoms with Gasteiger partial charge in [0.1, 0.15) is 5.82 Å². The average molecular weight is 252 g/mol. The van der Waals surface area contributed by atoms with Crippen LogP contribution in [0.15, 0.2) is 36.4 Å². The van der Waals surface area contributed by atoms with Crippen LogP contribution in [0.4, 0.5) is 14.6 Å². The Morgan fingerprint density at radius 2 is 1.94 bits per heavy atom. The number of pyridine rings is 1. The molecule has 0 unspecified atom stereocenters. The third-order valence-electron chi connectivity index (χ3n) is 2.64. The van der Waals surface area contributed by atoms with Gasteiger partial charge in [0, 0.05) is 11.9 Å². The van der Waals surface area contributed by atoms with Crippen LogP contribution in [0, 0.1) is 0 Å². The normalized spacial score (nSPS) is 11.1. The SMILES string of the molecule is OCCN(CC(F)F)c1ccc2ccccc2n1. The van der Waals surface area contributed by atoms with Crippen molar-refractivity contribution in [3.63, 3.8) is 0 Å². The van der Waals surface area contributed by atoms with Crippen molar-refractivity contribution in [2.24, 2.45) is 0 Å². The number of halogens is 2. The first-order chi connectivity index (χ1) is 8.70. The van der Waals surface area contributed by atoms with Crippen molar-refractivity contribution < 1.29 is 13.9 Å². The molecule has 0 fully saturated rings. The lowest BCUT2D eigenvalue weighted by Gasteiger charge is -2.22. The molecule has 2 aromatic rings. The lowest BCUT2D eigenvalue weighted by atomic mass is 10.2. The third kappa shape index (κ3) is 2.92. The maximum absolute atomic E-state index is 12.5. The molecule has 1 heterocycles. The summed E-state index contributed by atoms with van der Waals surface area (Å²) in [6.07, 6.45) is -2.45. The van der Waals surface area contributed by atoms with Gasteiger partial charge in [-0.2, -0.15) is 0 Å². The Kier molecular flexibility index (Phi) is 4.04. The Morgan fingerprint density at radius 3 is 2.67 bits per heavy atom. The first kappa shape index (κ1) is 12.7. The van der Waals surface area contributed by atoms with E-state index in [0.717, 1.165) is 10.9 Å². The van der Waals surface area contributed by atoms with E-state index in [1.807, 2.05) is 30.3 Å². The van der Waals surface area contributed by atoms with Crippen molar-refractivity contribution in [2.45, 2.75) is 6.43 Å². The Morgan fingerprint density at radius 1 is 1.17 bits per heavy atom. The van der Waals surface area contributed by atoms with Crippen LogP contribution in [0.25, 0.3) is 10.9 Å². The Labute approximate surface area is 104 Å². The molecule has 0 radical (unpaired) electrons. The highest BCUT2D eigenvalue weighted by Gasteiger charge is 2.13. The Hall–Kier alpha value is -1.75. The summed E-state index contributed by atoms with van der Waals surface area (Å²) in [5, 5.41) is 9.87. The molecule has 1 aromatic carbocycles. The summed E-state index contributed by atoms with van der Waals surface area (Å²) in [4.78, 5) is 5.71. The molecule has 0 spiro atoms. The largest absolute Gasteiger partial charge is 0.395 e.